The zero-order valence-corrected chi connectivity index (χ0v) is 14.9. The van der Waals surface area contributed by atoms with E-state index >= 15 is 0 Å². The number of rotatable bonds is 5. The Hall–Kier alpha value is -1.11. The third-order valence-electron chi connectivity index (χ3n) is 5.54. The molecule has 3 aliphatic heterocycles. The predicted molar refractivity (Wildman–Crippen MR) is 95.2 cm³/mol. The second kappa shape index (κ2) is 7.42. The Morgan fingerprint density at radius 1 is 1.38 bits per heavy atom. The summed E-state index contributed by atoms with van der Waals surface area (Å²) in [5, 5.41) is 8.34. The van der Waals surface area contributed by atoms with Gasteiger partial charge < -0.3 is 15.4 Å². The molecular formula is C18H27N3O2S. The van der Waals surface area contributed by atoms with Crippen LogP contribution in [0.1, 0.15) is 37.0 Å². The van der Waals surface area contributed by atoms with Gasteiger partial charge in [0.1, 0.15) is 0 Å². The third-order valence-corrected chi connectivity index (χ3v) is 6.40. The molecule has 3 saturated heterocycles. The van der Waals surface area contributed by atoms with E-state index in [0.717, 1.165) is 38.9 Å². The van der Waals surface area contributed by atoms with Crippen molar-refractivity contribution in [3.05, 3.63) is 22.4 Å². The van der Waals surface area contributed by atoms with Crippen LogP contribution in [-0.2, 0) is 11.3 Å². The molecule has 0 saturated carbocycles. The average molecular weight is 350 g/mol. The van der Waals surface area contributed by atoms with Crippen LogP contribution in [0.15, 0.2) is 17.5 Å². The van der Waals surface area contributed by atoms with Crippen LogP contribution in [0.3, 0.4) is 0 Å². The Morgan fingerprint density at radius 2 is 2.33 bits per heavy atom. The Morgan fingerprint density at radius 3 is 3.08 bits per heavy atom. The minimum Gasteiger partial charge on any atom is -0.373 e. The molecule has 24 heavy (non-hydrogen) atoms. The number of urea groups is 1. The molecule has 2 N–H and O–H groups in total. The molecule has 2 amide bonds. The molecule has 4 heterocycles. The van der Waals surface area contributed by atoms with Crippen LogP contribution in [0.25, 0.3) is 0 Å². The van der Waals surface area contributed by atoms with Crippen LogP contribution in [0, 0.1) is 5.92 Å². The number of carbonyl (C=O) groups excluding carboxylic acids is 1. The molecule has 3 aliphatic rings. The van der Waals surface area contributed by atoms with Crippen LogP contribution in [-0.4, -0.2) is 48.8 Å². The van der Waals surface area contributed by atoms with E-state index in [1.54, 1.807) is 0 Å². The lowest BCUT2D eigenvalue weighted by molar-refractivity contribution is 0.0980. The van der Waals surface area contributed by atoms with Gasteiger partial charge in [0.05, 0.1) is 18.2 Å². The average Bonchev–Trinajstić information content (AvgIpc) is 3.31. The van der Waals surface area contributed by atoms with Crippen LogP contribution >= 0.6 is 11.3 Å². The fourth-order valence-electron chi connectivity index (χ4n) is 4.33. The number of piperidine rings is 1. The second-order valence-electron chi connectivity index (χ2n) is 7.39. The van der Waals surface area contributed by atoms with E-state index in [0.29, 0.717) is 12.0 Å². The van der Waals surface area contributed by atoms with E-state index in [9.17, 15) is 4.79 Å². The topological polar surface area (TPSA) is 53.6 Å². The van der Waals surface area contributed by atoms with Gasteiger partial charge in [-0.25, -0.2) is 4.79 Å². The van der Waals surface area contributed by atoms with Crippen molar-refractivity contribution in [3.63, 3.8) is 0 Å². The van der Waals surface area contributed by atoms with Gasteiger partial charge in [-0.1, -0.05) is 6.07 Å². The maximum absolute atomic E-state index is 12.2. The highest BCUT2D eigenvalue weighted by Crippen LogP contribution is 2.34. The predicted octanol–water partition coefficient (Wildman–Crippen LogP) is 2.58. The largest absolute Gasteiger partial charge is 0.373 e. The molecule has 0 spiro atoms. The molecule has 0 aliphatic carbocycles. The summed E-state index contributed by atoms with van der Waals surface area (Å²) in [5.41, 5.74) is 0. The van der Waals surface area contributed by atoms with Crippen molar-refractivity contribution < 1.29 is 9.53 Å². The summed E-state index contributed by atoms with van der Waals surface area (Å²) in [6.45, 7) is 4.07. The van der Waals surface area contributed by atoms with Crippen molar-refractivity contribution in [2.45, 2.75) is 56.9 Å². The number of hydrogen-bond donors (Lipinski definition) is 2. The molecule has 132 valence electrons. The lowest BCUT2D eigenvalue weighted by Crippen LogP contribution is -2.48. The first kappa shape index (κ1) is 16.4. The van der Waals surface area contributed by atoms with Crippen molar-refractivity contribution in [1.82, 2.24) is 15.5 Å². The first-order chi connectivity index (χ1) is 11.8. The van der Waals surface area contributed by atoms with Gasteiger partial charge in [0, 0.05) is 24.5 Å². The van der Waals surface area contributed by atoms with Gasteiger partial charge in [0.2, 0.25) is 0 Å². The highest BCUT2D eigenvalue weighted by Gasteiger charge is 2.41. The number of ether oxygens (including phenoxy) is 1. The summed E-state index contributed by atoms with van der Waals surface area (Å²) in [6, 6.07) is 4.52. The molecule has 5 nitrogen and oxygen atoms in total. The number of amides is 2. The summed E-state index contributed by atoms with van der Waals surface area (Å²) in [7, 11) is 0. The first-order valence-corrected chi connectivity index (χ1v) is 10.1. The summed E-state index contributed by atoms with van der Waals surface area (Å²) in [5.74, 6) is 0.556. The zero-order valence-electron chi connectivity index (χ0n) is 14.1. The summed E-state index contributed by atoms with van der Waals surface area (Å²) in [6.07, 6.45) is 6.29. The molecule has 4 rings (SSSR count). The van der Waals surface area contributed by atoms with Gasteiger partial charge in [-0.05, 0) is 56.0 Å². The maximum atomic E-state index is 12.2. The second-order valence-corrected chi connectivity index (χ2v) is 8.43. The maximum Gasteiger partial charge on any atom is 0.315 e. The van der Waals surface area contributed by atoms with Crippen LogP contribution < -0.4 is 10.6 Å². The number of likely N-dealkylation sites (tertiary alicyclic amines) is 1. The van der Waals surface area contributed by atoms with Crippen molar-refractivity contribution >= 4 is 17.4 Å². The fraction of sp³-hybridized carbons (Fsp3) is 0.722. The van der Waals surface area contributed by atoms with Crippen LogP contribution in [0.4, 0.5) is 4.79 Å². The minimum absolute atomic E-state index is 0.0217. The number of nitrogens with zero attached hydrogens (tertiary/aromatic N) is 1. The fourth-order valence-corrected chi connectivity index (χ4v) is 5.08. The Kier molecular flexibility index (Phi) is 5.06. The Labute approximate surface area is 147 Å². The Bertz CT molecular complexity index is 550. The van der Waals surface area contributed by atoms with E-state index < -0.39 is 0 Å². The van der Waals surface area contributed by atoms with Crippen LogP contribution in [0.5, 0.6) is 0 Å². The zero-order chi connectivity index (χ0) is 16.4. The number of carbonyl (C=O) groups is 1. The van der Waals surface area contributed by atoms with E-state index in [2.05, 4.69) is 33.0 Å². The molecular weight excluding hydrogens is 322 g/mol. The molecule has 0 unspecified atom stereocenters. The lowest BCUT2D eigenvalue weighted by Gasteiger charge is -2.32. The summed E-state index contributed by atoms with van der Waals surface area (Å²) in [4.78, 5) is 16.1. The van der Waals surface area contributed by atoms with E-state index in [1.807, 2.05) is 11.3 Å². The molecule has 2 bridgehead atoms. The monoisotopic (exact) mass is 349 g/mol. The first-order valence-electron chi connectivity index (χ1n) is 9.21. The summed E-state index contributed by atoms with van der Waals surface area (Å²) < 4.78 is 5.80. The van der Waals surface area contributed by atoms with Gasteiger partial charge in [0.15, 0.2) is 0 Å². The van der Waals surface area contributed by atoms with E-state index in [1.165, 1.54) is 24.3 Å². The van der Waals surface area contributed by atoms with Crippen molar-refractivity contribution in [2.24, 2.45) is 5.92 Å². The van der Waals surface area contributed by atoms with Gasteiger partial charge in [-0.3, -0.25) is 4.90 Å². The Balaban J connectivity index is 1.18. The van der Waals surface area contributed by atoms with E-state index in [4.69, 9.17) is 4.74 Å². The molecule has 1 aromatic heterocycles. The molecule has 1 aromatic rings. The number of nitrogens with one attached hydrogen (secondary N) is 2. The van der Waals surface area contributed by atoms with Crippen LogP contribution in [0.2, 0.25) is 0 Å². The summed E-state index contributed by atoms with van der Waals surface area (Å²) >= 11 is 1.83. The van der Waals surface area contributed by atoms with Gasteiger partial charge in [0.25, 0.3) is 0 Å². The molecule has 4 atom stereocenters. The van der Waals surface area contributed by atoms with E-state index in [-0.39, 0.29) is 18.2 Å². The lowest BCUT2D eigenvalue weighted by atomic mass is 9.95. The molecule has 0 aromatic carbocycles. The van der Waals surface area contributed by atoms with Crippen molar-refractivity contribution in [3.8, 4) is 0 Å². The molecule has 6 heteroatoms. The molecule has 3 fully saturated rings. The van der Waals surface area contributed by atoms with Gasteiger partial charge in [-0.15, -0.1) is 11.3 Å². The minimum atomic E-state index is -0.0217. The SMILES string of the molecule is O=C(NC[C@H]1CCCN(Cc2cccs2)C1)N[C@@H]1C[C@H]2CC[C@H]1O2. The van der Waals surface area contributed by atoms with Crippen molar-refractivity contribution in [2.75, 3.05) is 19.6 Å². The standard InChI is InChI=1S/C18H27N3O2S/c22-18(20-16-9-14-5-6-17(16)23-14)19-10-13-3-1-7-21(11-13)12-15-4-2-8-24-15/h2,4,8,13-14,16-17H,1,3,5-7,9-12H2,(H2,19,20,22)/t13-,14-,16-,17-/m1/s1. The van der Waals surface area contributed by atoms with Gasteiger partial charge in [-0.2, -0.15) is 0 Å². The molecule has 0 radical (unpaired) electrons. The smallest absolute Gasteiger partial charge is 0.315 e. The van der Waals surface area contributed by atoms with Gasteiger partial charge >= 0.3 is 6.03 Å². The van der Waals surface area contributed by atoms with Crippen molar-refractivity contribution in [1.29, 1.82) is 0 Å². The third kappa shape index (κ3) is 3.92. The quantitative estimate of drug-likeness (QED) is 0.859. The normalized spacial score (nSPS) is 32.8. The highest BCUT2D eigenvalue weighted by atomic mass is 32.1. The number of fused-ring (bicyclic) bond motifs is 2. The highest BCUT2D eigenvalue weighted by molar-refractivity contribution is 7.09. The number of hydrogen-bond acceptors (Lipinski definition) is 4. The number of thiophene rings is 1.